The smallest absolute Gasteiger partial charge is 0.0475 e. The minimum Gasteiger partial charge on any atom is -0.302 e. The van der Waals surface area contributed by atoms with Gasteiger partial charge in [-0.1, -0.05) is 36.4 Å². The zero-order chi connectivity index (χ0) is 12.6. The Morgan fingerprint density at radius 3 is 2.85 bits per heavy atom. The Morgan fingerprint density at radius 1 is 1.31 bits per heavy atom. The molecule has 0 N–H and O–H groups in total. The Morgan fingerprint density at radius 2 is 2.08 bits per heavy atom. The number of hydrogen-bond acceptors (Lipinski definition) is 1. The van der Waals surface area contributed by atoms with Crippen molar-refractivity contribution >= 4 is 5.57 Å². The fourth-order valence-electron chi connectivity index (χ4n) is 1.26. The Kier molecular flexibility index (Phi) is 1.43. The maximum Gasteiger partial charge on any atom is 0.0475 e. The normalized spacial score (nSPS) is 38.1. The Bertz CT molecular complexity index is 429. The van der Waals surface area contributed by atoms with Gasteiger partial charge in [-0.2, -0.15) is 0 Å². The summed E-state index contributed by atoms with van der Waals surface area (Å²) in [5, 5.41) is 0. The van der Waals surface area contributed by atoms with Crippen LogP contribution in [0.2, 0.25) is 0 Å². The molecule has 1 aliphatic rings. The number of nitrogens with zero attached hydrogens (tertiary/aromatic N) is 1. The van der Waals surface area contributed by atoms with E-state index in [2.05, 4.69) is 0 Å². The molecule has 2 rings (SSSR count). The van der Waals surface area contributed by atoms with Crippen LogP contribution in [0.5, 0.6) is 0 Å². The molecule has 1 aromatic carbocycles. The van der Waals surface area contributed by atoms with Gasteiger partial charge < -0.3 is 4.90 Å². The summed E-state index contributed by atoms with van der Waals surface area (Å²) in [5.74, 6) is 0. The van der Waals surface area contributed by atoms with Gasteiger partial charge in [0.15, 0.2) is 0 Å². The van der Waals surface area contributed by atoms with Gasteiger partial charge >= 0.3 is 0 Å². The van der Waals surface area contributed by atoms with Gasteiger partial charge in [-0.3, -0.25) is 0 Å². The van der Waals surface area contributed by atoms with Crippen LogP contribution in [0.25, 0.3) is 5.57 Å². The van der Waals surface area contributed by atoms with Crippen LogP contribution in [0, 0.1) is 0 Å². The predicted octanol–water partition coefficient (Wildman–Crippen LogP) is 2.41. The maximum atomic E-state index is 8.02. The maximum absolute atomic E-state index is 8.02. The minimum atomic E-state index is -1.81. The Balaban J connectivity index is 2.45. The molecule has 2 atom stereocenters. The molecule has 0 aromatic heterocycles. The van der Waals surface area contributed by atoms with Crippen molar-refractivity contribution in [3.05, 3.63) is 42.0 Å². The molecular formula is C12H15N. The highest BCUT2D eigenvalue weighted by molar-refractivity contribution is 5.66. The van der Waals surface area contributed by atoms with Crippen molar-refractivity contribution in [3.8, 4) is 0 Å². The first-order valence-electron chi connectivity index (χ1n) is 6.44. The third-order valence-corrected chi connectivity index (χ3v) is 2.01. The van der Waals surface area contributed by atoms with Gasteiger partial charge in [0.1, 0.15) is 0 Å². The molecular weight excluding hydrogens is 158 g/mol. The van der Waals surface area contributed by atoms with Crippen LogP contribution in [0.3, 0.4) is 0 Å². The fourth-order valence-corrected chi connectivity index (χ4v) is 1.26. The molecule has 2 unspecified atom stereocenters. The fraction of sp³-hybridized carbons (Fsp3) is 0.333. The molecule has 13 heavy (non-hydrogen) atoms. The summed E-state index contributed by atoms with van der Waals surface area (Å²) in [5.41, 5.74) is 1.41. The Labute approximate surface area is 85.3 Å². The summed E-state index contributed by atoms with van der Waals surface area (Å²) >= 11 is 0. The lowest BCUT2D eigenvalue weighted by atomic mass is 10.00. The van der Waals surface area contributed by atoms with Gasteiger partial charge in [0.2, 0.25) is 0 Å². The van der Waals surface area contributed by atoms with Gasteiger partial charge in [-0.05, 0) is 24.6 Å². The molecule has 68 valence electrons. The van der Waals surface area contributed by atoms with Crippen LogP contribution in [0.15, 0.2) is 36.4 Å². The molecule has 1 heteroatoms. The van der Waals surface area contributed by atoms with E-state index in [1.165, 1.54) is 11.9 Å². The first-order valence-corrected chi connectivity index (χ1v) is 4.29. The largest absolute Gasteiger partial charge is 0.302 e. The Hall–Kier alpha value is -1.08. The second kappa shape index (κ2) is 3.75. The molecule has 0 amide bonds. The highest BCUT2D eigenvalue weighted by Gasteiger charge is 2.08. The first-order chi connectivity index (χ1) is 7.94. The van der Waals surface area contributed by atoms with Crippen LogP contribution < -0.4 is 0 Å². The summed E-state index contributed by atoms with van der Waals surface area (Å²) in [6.45, 7) is -2.56. The second-order valence-corrected chi connectivity index (χ2v) is 3.02. The molecule has 1 aliphatic heterocycles. The van der Waals surface area contributed by atoms with E-state index in [1.807, 2.05) is 30.3 Å². The van der Waals surface area contributed by atoms with E-state index in [0.29, 0.717) is 5.57 Å². The molecule has 0 fully saturated rings. The van der Waals surface area contributed by atoms with Crippen molar-refractivity contribution in [2.24, 2.45) is 0 Å². The number of benzene rings is 1. The van der Waals surface area contributed by atoms with E-state index in [-0.39, 0.29) is 0 Å². The second-order valence-electron chi connectivity index (χ2n) is 3.02. The van der Waals surface area contributed by atoms with Crippen LogP contribution in [0.1, 0.15) is 17.4 Å². The van der Waals surface area contributed by atoms with Crippen molar-refractivity contribution in [1.82, 2.24) is 4.90 Å². The van der Waals surface area contributed by atoms with Crippen molar-refractivity contribution < 1.29 is 5.48 Å². The van der Waals surface area contributed by atoms with E-state index in [0.717, 1.165) is 5.56 Å². The minimum absolute atomic E-state index is 0.591. The van der Waals surface area contributed by atoms with Gasteiger partial charge in [0, 0.05) is 18.5 Å². The van der Waals surface area contributed by atoms with Gasteiger partial charge in [-0.15, -0.1) is 0 Å². The SMILES string of the molecule is [2H]C1C=C(c2ccccc2)C([2H])C([2H])([2H])N1C. The van der Waals surface area contributed by atoms with Gasteiger partial charge in [0.25, 0.3) is 0 Å². The highest BCUT2D eigenvalue weighted by atomic mass is 15.1. The average molecular weight is 177 g/mol. The molecule has 0 saturated heterocycles. The summed E-state index contributed by atoms with van der Waals surface area (Å²) in [4.78, 5) is 1.27. The third-order valence-electron chi connectivity index (χ3n) is 2.01. The molecule has 1 nitrogen and oxygen atoms in total. The summed E-state index contributed by atoms with van der Waals surface area (Å²) in [6.07, 6.45) is 0.658. The molecule has 0 spiro atoms. The summed E-state index contributed by atoms with van der Waals surface area (Å²) in [6, 6.07) is 9.29. The molecule has 0 aliphatic carbocycles. The topological polar surface area (TPSA) is 3.24 Å². The van der Waals surface area contributed by atoms with Crippen LogP contribution in [-0.2, 0) is 0 Å². The van der Waals surface area contributed by atoms with Crippen molar-refractivity contribution in [2.75, 3.05) is 20.1 Å². The molecule has 1 heterocycles. The first kappa shape index (κ1) is 4.97. The zero-order valence-electron chi connectivity index (χ0n) is 11.6. The van der Waals surface area contributed by atoms with Crippen molar-refractivity contribution in [3.63, 3.8) is 0 Å². The number of hydrogen-bond donors (Lipinski definition) is 0. The van der Waals surface area contributed by atoms with Gasteiger partial charge in [-0.25, -0.2) is 0 Å². The molecule has 0 radical (unpaired) electrons. The van der Waals surface area contributed by atoms with Gasteiger partial charge in [0.05, 0.1) is 0 Å². The van der Waals surface area contributed by atoms with E-state index < -0.39 is 19.4 Å². The monoisotopic (exact) mass is 177 g/mol. The highest BCUT2D eigenvalue weighted by Crippen LogP contribution is 2.20. The van der Waals surface area contributed by atoms with E-state index in [9.17, 15) is 0 Å². The number of rotatable bonds is 1. The van der Waals surface area contributed by atoms with Crippen molar-refractivity contribution in [1.29, 1.82) is 0 Å². The van der Waals surface area contributed by atoms with Crippen LogP contribution in [0.4, 0.5) is 0 Å². The van der Waals surface area contributed by atoms with Crippen molar-refractivity contribution in [2.45, 2.75) is 6.40 Å². The third kappa shape index (κ3) is 1.99. The summed E-state index contributed by atoms with van der Waals surface area (Å²) in [7, 11) is 1.54. The predicted molar refractivity (Wildman–Crippen MR) is 56.5 cm³/mol. The summed E-state index contributed by atoms with van der Waals surface area (Å²) < 4.78 is 31.6. The van der Waals surface area contributed by atoms with E-state index >= 15 is 0 Å². The molecule has 1 aromatic rings. The lowest BCUT2D eigenvalue weighted by molar-refractivity contribution is 0.370. The molecule has 0 bridgehead atoms. The number of likely N-dealkylation sites (N-methyl/N-ethyl adjacent to an activating group) is 1. The standard InChI is InChI=1S/C12H15N/c1-13-9-7-12(8-10-13)11-5-3-2-4-6-11/h2-7H,8-10H2,1H3/i8D,9D,10D2. The van der Waals surface area contributed by atoms with Crippen LogP contribution >= 0.6 is 0 Å². The lowest BCUT2D eigenvalue weighted by Crippen LogP contribution is -2.23. The van der Waals surface area contributed by atoms with E-state index in [1.54, 1.807) is 6.08 Å². The van der Waals surface area contributed by atoms with Crippen LogP contribution in [-0.4, -0.2) is 25.0 Å². The lowest BCUT2D eigenvalue weighted by Gasteiger charge is -2.21. The molecule has 0 saturated carbocycles. The quantitative estimate of drug-likeness (QED) is 0.636. The zero-order valence-corrected chi connectivity index (χ0v) is 7.57. The average Bonchev–Trinajstić information content (AvgIpc) is 2.33. The van der Waals surface area contributed by atoms with E-state index in [4.69, 9.17) is 5.48 Å².